The number of hydrogen-bond donors (Lipinski definition) is 0. The van der Waals surface area contributed by atoms with E-state index < -0.39 is 0 Å². The minimum atomic E-state index is -0.386. The highest BCUT2D eigenvalue weighted by Gasteiger charge is 2.41. The molecule has 5 heteroatoms. The number of ether oxygens (including phenoxy) is 1. The normalized spacial score (nSPS) is 22.5. The minimum Gasteiger partial charge on any atom is -0.467 e. The fraction of sp³-hybridized carbons (Fsp3) is 0.556. The number of nitrogens with zero attached hydrogens (tertiary/aromatic N) is 2. The van der Waals surface area contributed by atoms with E-state index >= 15 is 0 Å². The first-order valence-electron chi connectivity index (χ1n) is 8.31. The van der Waals surface area contributed by atoms with Crippen LogP contribution < -0.4 is 4.90 Å². The van der Waals surface area contributed by atoms with Crippen LogP contribution in [-0.4, -0.2) is 49.1 Å². The maximum Gasteiger partial charge on any atom is 0.328 e. The van der Waals surface area contributed by atoms with E-state index in [2.05, 4.69) is 36.1 Å². The van der Waals surface area contributed by atoms with Crippen LogP contribution in [0.3, 0.4) is 0 Å². The molecule has 2 aliphatic rings. The first-order chi connectivity index (χ1) is 11.1. The zero-order chi connectivity index (χ0) is 16.4. The van der Waals surface area contributed by atoms with Crippen LogP contribution >= 0.6 is 0 Å². The summed E-state index contributed by atoms with van der Waals surface area (Å²) in [4.78, 5) is 28.2. The Hall–Kier alpha value is -2.04. The molecule has 0 spiro atoms. The second-order valence-electron chi connectivity index (χ2n) is 6.43. The van der Waals surface area contributed by atoms with Gasteiger partial charge >= 0.3 is 5.97 Å². The molecule has 0 bridgehead atoms. The molecule has 0 radical (unpaired) electrons. The SMILES string of the molecule is COC(=O)C1CCC(=O)N1C1CCN(c2ccc(C)cc2)CC1. The van der Waals surface area contributed by atoms with Crippen molar-refractivity contribution in [3.05, 3.63) is 29.8 Å². The first kappa shape index (κ1) is 15.8. The van der Waals surface area contributed by atoms with Crippen LogP contribution in [0.1, 0.15) is 31.2 Å². The molecule has 0 saturated carbocycles. The van der Waals surface area contributed by atoms with Crippen LogP contribution in [0.5, 0.6) is 0 Å². The number of aryl methyl sites for hydroxylation is 1. The van der Waals surface area contributed by atoms with Gasteiger partial charge in [-0.3, -0.25) is 4.79 Å². The van der Waals surface area contributed by atoms with E-state index in [4.69, 9.17) is 4.74 Å². The van der Waals surface area contributed by atoms with Gasteiger partial charge in [-0.2, -0.15) is 0 Å². The van der Waals surface area contributed by atoms with Crippen LogP contribution in [0, 0.1) is 6.92 Å². The van der Waals surface area contributed by atoms with E-state index in [9.17, 15) is 9.59 Å². The van der Waals surface area contributed by atoms with E-state index in [1.807, 2.05) is 0 Å². The second-order valence-corrected chi connectivity index (χ2v) is 6.43. The van der Waals surface area contributed by atoms with Gasteiger partial charge < -0.3 is 14.5 Å². The Morgan fingerprint density at radius 3 is 2.39 bits per heavy atom. The summed E-state index contributed by atoms with van der Waals surface area (Å²) in [5.74, 6) is -0.189. The standard InChI is InChI=1S/C18H24N2O3/c1-13-3-5-14(6-4-13)19-11-9-15(10-12-19)20-16(18(22)23-2)7-8-17(20)21/h3-6,15-16H,7-12H2,1-2H3. The lowest BCUT2D eigenvalue weighted by molar-refractivity contribution is -0.151. The van der Waals surface area contributed by atoms with Gasteiger partial charge in [-0.25, -0.2) is 4.79 Å². The molecule has 2 heterocycles. The lowest BCUT2D eigenvalue weighted by atomic mass is 10.0. The third kappa shape index (κ3) is 3.19. The first-order valence-corrected chi connectivity index (χ1v) is 8.31. The van der Waals surface area contributed by atoms with E-state index in [-0.39, 0.29) is 24.0 Å². The summed E-state index contributed by atoms with van der Waals surface area (Å²) in [6, 6.07) is 8.30. The van der Waals surface area contributed by atoms with Crippen LogP contribution in [-0.2, 0) is 14.3 Å². The molecule has 23 heavy (non-hydrogen) atoms. The number of methoxy groups -OCH3 is 1. The summed E-state index contributed by atoms with van der Waals surface area (Å²) in [5.41, 5.74) is 2.48. The van der Waals surface area contributed by atoms with Crippen molar-refractivity contribution >= 4 is 17.6 Å². The summed E-state index contributed by atoms with van der Waals surface area (Å²) in [5, 5.41) is 0. The van der Waals surface area contributed by atoms with Crippen molar-refractivity contribution in [3.8, 4) is 0 Å². The third-order valence-electron chi connectivity index (χ3n) is 4.99. The number of anilines is 1. The monoisotopic (exact) mass is 316 g/mol. The smallest absolute Gasteiger partial charge is 0.328 e. The molecule has 1 amide bonds. The molecule has 2 fully saturated rings. The average molecular weight is 316 g/mol. The molecule has 1 aromatic carbocycles. The number of carbonyl (C=O) groups excluding carboxylic acids is 2. The number of rotatable bonds is 3. The Labute approximate surface area is 137 Å². The average Bonchev–Trinajstić information content (AvgIpc) is 2.97. The van der Waals surface area contributed by atoms with Gasteiger partial charge in [0, 0.05) is 31.2 Å². The van der Waals surface area contributed by atoms with E-state index in [0.717, 1.165) is 25.9 Å². The summed E-state index contributed by atoms with van der Waals surface area (Å²) >= 11 is 0. The minimum absolute atomic E-state index is 0.0918. The van der Waals surface area contributed by atoms with Crippen molar-refractivity contribution in [3.63, 3.8) is 0 Å². The topological polar surface area (TPSA) is 49.9 Å². The van der Waals surface area contributed by atoms with Gasteiger partial charge in [0.2, 0.25) is 5.91 Å². The Morgan fingerprint density at radius 2 is 1.78 bits per heavy atom. The zero-order valence-electron chi connectivity index (χ0n) is 13.8. The quantitative estimate of drug-likeness (QED) is 0.802. The van der Waals surface area contributed by atoms with E-state index in [1.165, 1.54) is 18.4 Å². The molecule has 124 valence electrons. The van der Waals surface area contributed by atoms with Crippen LogP contribution in [0.2, 0.25) is 0 Å². The van der Waals surface area contributed by atoms with Crippen molar-refractivity contribution < 1.29 is 14.3 Å². The van der Waals surface area contributed by atoms with Crippen molar-refractivity contribution in [2.24, 2.45) is 0 Å². The number of hydrogen-bond acceptors (Lipinski definition) is 4. The van der Waals surface area contributed by atoms with Gasteiger partial charge in [-0.15, -0.1) is 0 Å². The molecular formula is C18H24N2O3. The highest BCUT2D eigenvalue weighted by atomic mass is 16.5. The number of amides is 1. The molecule has 1 aromatic rings. The van der Waals surface area contributed by atoms with Gasteiger partial charge in [0.15, 0.2) is 0 Å². The highest BCUT2D eigenvalue weighted by molar-refractivity contribution is 5.88. The molecule has 5 nitrogen and oxygen atoms in total. The Kier molecular flexibility index (Phi) is 4.55. The summed E-state index contributed by atoms with van der Waals surface area (Å²) in [6.07, 6.45) is 2.84. The molecule has 3 rings (SSSR count). The van der Waals surface area contributed by atoms with Crippen molar-refractivity contribution in [2.75, 3.05) is 25.1 Å². The number of piperidine rings is 1. The molecule has 0 N–H and O–H groups in total. The summed E-state index contributed by atoms with van der Waals surface area (Å²) in [6.45, 7) is 3.90. The maximum absolute atomic E-state index is 12.2. The number of benzene rings is 1. The fourth-order valence-corrected chi connectivity index (χ4v) is 3.69. The van der Waals surface area contributed by atoms with Gasteiger partial charge in [0.05, 0.1) is 7.11 Å². The van der Waals surface area contributed by atoms with Gasteiger partial charge in [0.1, 0.15) is 6.04 Å². The molecule has 1 atom stereocenters. The highest BCUT2D eigenvalue weighted by Crippen LogP contribution is 2.29. The van der Waals surface area contributed by atoms with E-state index in [0.29, 0.717) is 12.8 Å². The van der Waals surface area contributed by atoms with Gasteiger partial charge in [-0.1, -0.05) is 17.7 Å². The largest absolute Gasteiger partial charge is 0.467 e. The number of carbonyl (C=O) groups is 2. The summed E-state index contributed by atoms with van der Waals surface area (Å²) < 4.78 is 4.86. The summed E-state index contributed by atoms with van der Waals surface area (Å²) in [7, 11) is 1.39. The van der Waals surface area contributed by atoms with Crippen LogP contribution in [0.15, 0.2) is 24.3 Å². The maximum atomic E-state index is 12.2. The molecule has 2 saturated heterocycles. The third-order valence-corrected chi connectivity index (χ3v) is 4.99. The molecule has 0 aromatic heterocycles. The number of likely N-dealkylation sites (tertiary alicyclic amines) is 1. The fourth-order valence-electron chi connectivity index (χ4n) is 3.69. The Morgan fingerprint density at radius 1 is 1.13 bits per heavy atom. The Bertz CT molecular complexity index is 576. The van der Waals surface area contributed by atoms with Crippen molar-refractivity contribution in [1.29, 1.82) is 0 Å². The van der Waals surface area contributed by atoms with Crippen LogP contribution in [0.25, 0.3) is 0 Å². The predicted octanol–water partition coefficient (Wildman–Crippen LogP) is 2.13. The molecular weight excluding hydrogens is 292 g/mol. The Balaban J connectivity index is 1.64. The molecule has 0 aliphatic carbocycles. The van der Waals surface area contributed by atoms with Crippen LogP contribution in [0.4, 0.5) is 5.69 Å². The second kappa shape index (κ2) is 6.60. The predicted molar refractivity (Wildman–Crippen MR) is 88.3 cm³/mol. The number of esters is 1. The zero-order valence-corrected chi connectivity index (χ0v) is 13.8. The van der Waals surface area contributed by atoms with Crippen molar-refractivity contribution in [2.45, 2.75) is 44.7 Å². The lowest BCUT2D eigenvalue weighted by Gasteiger charge is -2.39. The molecule has 1 unspecified atom stereocenters. The van der Waals surface area contributed by atoms with Gasteiger partial charge in [0.25, 0.3) is 0 Å². The lowest BCUT2D eigenvalue weighted by Crippen LogP contribution is -2.50. The molecule has 2 aliphatic heterocycles. The van der Waals surface area contributed by atoms with E-state index in [1.54, 1.807) is 4.90 Å². The van der Waals surface area contributed by atoms with Gasteiger partial charge in [-0.05, 0) is 38.3 Å². The van der Waals surface area contributed by atoms with Crippen molar-refractivity contribution in [1.82, 2.24) is 4.90 Å².